The summed E-state index contributed by atoms with van der Waals surface area (Å²) in [6, 6.07) is 5.19. The smallest absolute Gasteiger partial charge is 0.125 e. The Morgan fingerprint density at radius 1 is 1.44 bits per heavy atom. The molecule has 0 aromatic heterocycles. The molecule has 1 aromatic rings. The molecule has 0 aliphatic heterocycles. The van der Waals surface area contributed by atoms with Crippen LogP contribution in [0.2, 0.25) is 0 Å². The lowest BCUT2D eigenvalue weighted by Crippen LogP contribution is -2.30. The summed E-state index contributed by atoms with van der Waals surface area (Å²) in [5.41, 5.74) is 1.48. The lowest BCUT2D eigenvalue weighted by Gasteiger charge is -2.27. The summed E-state index contributed by atoms with van der Waals surface area (Å²) in [5, 5.41) is 9.04. The number of hydrogen-bond donors (Lipinski definition) is 1. The van der Waals surface area contributed by atoms with Gasteiger partial charge in [0.1, 0.15) is 5.82 Å². The van der Waals surface area contributed by atoms with E-state index in [-0.39, 0.29) is 12.4 Å². The van der Waals surface area contributed by atoms with Gasteiger partial charge in [0.15, 0.2) is 0 Å². The third kappa shape index (κ3) is 2.35. The predicted octanol–water partition coefficient (Wildman–Crippen LogP) is 2.55. The second-order valence-electron chi connectivity index (χ2n) is 4.66. The van der Waals surface area contributed by atoms with Crippen molar-refractivity contribution in [1.29, 1.82) is 0 Å². The number of benzene rings is 1. The summed E-state index contributed by atoms with van der Waals surface area (Å²) in [6.45, 7) is 2.05. The molecule has 88 valence electrons. The highest BCUT2D eigenvalue weighted by Crippen LogP contribution is 2.36. The first-order chi connectivity index (χ1) is 7.61. The second-order valence-corrected chi connectivity index (χ2v) is 4.66. The SMILES string of the molecule is CC(C1CC1)N(C)c1cc(F)cc(CO)c1. The van der Waals surface area contributed by atoms with Crippen LogP contribution in [0.15, 0.2) is 18.2 Å². The van der Waals surface area contributed by atoms with Gasteiger partial charge in [0, 0.05) is 18.8 Å². The van der Waals surface area contributed by atoms with Crippen molar-refractivity contribution >= 4 is 5.69 Å². The van der Waals surface area contributed by atoms with Crippen LogP contribution >= 0.6 is 0 Å². The van der Waals surface area contributed by atoms with Crippen molar-refractivity contribution in [1.82, 2.24) is 0 Å². The lowest BCUT2D eigenvalue weighted by molar-refractivity contribution is 0.281. The van der Waals surface area contributed by atoms with Crippen LogP contribution in [0.3, 0.4) is 0 Å². The van der Waals surface area contributed by atoms with Crippen LogP contribution in [-0.4, -0.2) is 18.2 Å². The molecule has 1 aromatic carbocycles. The number of aliphatic hydroxyl groups excluding tert-OH is 1. The largest absolute Gasteiger partial charge is 0.392 e. The molecule has 0 spiro atoms. The van der Waals surface area contributed by atoms with Gasteiger partial charge in [-0.2, -0.15) is 0 Å². The van der Waals surface area contributed by atoms with E-state index in [1.165, 1.54) is 25.0 Å². The van der Waals surface area contributed by atoms with Gasteiger partial charge in [-0.25, -0.2) is 4.39 Å². The zero-order chi connectivity index (χ0) is 11.7. The van der Waals surface area contributed by atoms with Gasteiger partial charge >= 0.3 is 0 Å². The summed E-state index contributed by atoms with van der Waals surface area (Å²) >= 11 is 0. The summed E-state index contributed by atoms with van der Waals surface area (Å²) < 4.78 is 13.3. The van der Waals surface area contributed by atoms with Crippen LogP contribution in [0.5, 0.6) is 0 Å². The molecule has 3 heteroatoms. The van der Waals surface area contributed by atoms with Crippen molar-refractivity contribution in [2.24, 2.45) is 5.92 Å². The molecule has 1 atom stereocenters. The molecular formula is C13H18FNO. The Morgan fingerprint density at radius 3 is 2.69 bits per heavy atom. The predicted molar refractivity (Wildman–Crippen MR) is 62.9 cm³/mol. The second kappa shape index (κ2) is 4.42. The van der Waals surface area contributed by atoms with Crippen LogP contribution in [0.25, 0.3) is 0 Å². The first kappa shape index (κ1) is 11.4. The molecule has 16 heavy (non-hydrogen) atoms. The molecule has 0 amide bonds. The zero-order valence-corrected chi connectivity index (χ0v) is 9.78. The van der Waals surface area contributed by atoms with Crippen LogP contribution in [0, 0.1) is 11.7 Å². The summed E-state index contributed by atoms with van der Waals surface area (Å²) in [7, 11) is 1.99. The molecule has 0 heterocycles. The average molecular weight is 223 g/mol. The third-order valence-electron chi connectivity index (χ3n) is 3.45. The van der Waals surface area contributed by atoms with Gasteiger partial charge in [0.25, 0.3) is 0 Å². The Labute approximate surface area is 95.7 Å². The average Bonchev–Trinajstić information content (AvgIpc) is 3.10. The minimum absolute atomic E-state index is 0.115. The highest BCUT2D eigenvalue weighted by Gasteiger charge is 2.30. The molecular weight excluding hydrogens is 205 g/mol. The molecule has 1 aliphatic carbocycles. The van der Waals surface area contributed by atoms with Gasteiger partial charge in [0.05, 0.1) is 6.61 Å². The van der Waals surface area contributed by atoms with Crippen molar-refractivity contribution in [3.05, 3.63) is 29.6 Å². The first-order valence-electron chi connectivity index (χ1n) is 5.75. The maximum absolute atomic E-state index is 13.3. The zero-order valence-electron chi connectivity index (χ0n) is 9.78. The van der Waals surface area contributed by atoms with Gasteiger partial charge in [-0.1, -0.05) is 0 Å². The van der Waals surface area contributed by atoms with Crippen molar-refractivity contribution < 1.29 is 9.50 Å². The Kier molecular flexibility index (Phi) is 3.15. The van der Waals surface area contributed by atoms with Crippen molar-refractivity contribution in [3.8, 4) is 0 Å². The number of hydrogen-bond acceptors (Lipinski definition) is 2. The number of rotatable bonds is 4. The lowest BCUT2D eigenvalue weighted by atomic mass is 10.1. The molecule has 2 rings (SSSR count). The van der Waals surface area contributed by atoms with E-state index in [4.69, 9.17) is 5.11 Å². The maximum atomic E-state index is 13.3. The van der Waals surface area contributed by atoms with E-state index in [9.17, 15) is 4.39 Å². The quantitative estimate of drug-likeness (QED) is 0.848. The van der Waals surface area contributed by atoms with Crippen molar-refractivity contribution in [2.75, 3.05) is 11.9 Å². The molecule has 1 unspecified atom stereocenters. The van der Waals surface area contributed by atoms with Gasteiger partial charge in [-0.3, -0.25) is 0 Å². The fourth-order valence-electron chi connectivity index (χ4n) is 2.06. The molecule has 1 aliphatic rings. The highest BCUT2D eigenvalue weighted by molar-refractivity contribution is 5.49. The van der Waals surface area contributed by atoms with E-state index in [0.29, 0.717) is 11.6 Å². The van der Waals surface area contributed by atoms with E-state index in [1.807, 2.05) is 13.1 Å². The van der Waals surface area contributed by atoms with E-state index in [1.54, 1.807) is 0 Å². The molecule has 0 radical (unpaired) electrons. The Balaban J connectivity index is 2.20. The number of anilines is 1. The van der Waals surface area contributed by atoms with Gasteiger partial charge in [0.2, 0.25) is 0 Å². The minimum Gasteiger partial charge on any atom is -0.392 e. The normalized spacial score (nSPS) is 17.2. The first-order valence-corrected chi connectivity index (χ1v) is 5.75. The van der Waals surface area contributed by atoms with Crippen LogP contribution < -0.4 is 4.90 Å². The van der Waals surface area contributed by atoms with Gasteiger partial charge in [-0.15, -0.1) is 0 Å². The number of aliphatic hydroxyl groups is 1. The Hall–Kier alpha value is -1.09. The van der Waals surface area contributed by atoms with E-state index in [2.05, 4.69) is 11.8 Å². The summed E-state index contributed by atoms with van der Waals surface area (Å²) in [6.07, 6.45) is 2.54. The Bertz CT molecular complexity index is 376. The van der Waals surface area contributed by atoms with E-state index in [0.717, 1.165) is 11.6 Å². The molecule has 1 saturated carbocycles. The van der Waals surface area contributed by atoms with Crippen LogP contribution in [0.1, 0.15) is 25.3 Å². The van der Waals surface area contributed by atoms with Crippen LogP contribution in [-0.2, 0) is 6.61 Å². The number of halogens is 1. The fraction of sp³-hybridized carbons (Fsp3) is 0.538. The standard InChI is InChI=1S/C13H18FNO/c1-9(11-3-4-11)15(2)13-6-10(8-16)5-12(14)7-13/h5-7,9,11,16H,3-4,8H2,1-2H3. The molecule has 0 saturated heterocycles. The van der Waals surface area contributed by atoms with E-state index >= 15 is 0 Å². The topological polar surface area (TPSA) is 23.5 Å². The van der Waals surface area contributed by atoms with E-state index < -0.39 is 0 Å². The fourth-order valence-corrected chi connectivity index (χ4v) is 2.06. The monoisotopic (exact) mass is 223 g/mol. The van der Waals surface area contributed by atoms with Crippen molar-refractivity contribution in [3.63, 3.8) is 0 Å². The molecule has 2 nitrogen and oxygen atoms in total. The summed E-state index contributed by atoms with van der Waals surface area (Å²) in [5.74, 6) is 0.460. The van der Waals surface area contributed by atoms with Crippen molar-refractivity contribution in [2.45, 2.75) is 32.4 Å². The molecule has 0 bridgehead atoms. The van der Waals surface area contributed by atoms with Gasteiger partial charge in [-0.05, 0) is 49.4 Å². The molecule has 1 fully saturated rings. The molecule has 1 N–H and O–H groups in total. The summed E-state index contributed by atoms with van der Waals surface area (Å²) in [4.78, 5) is 2.10. The Morgan fingerprint density at radius 2 is 2.12 bits per heavy atom. The van der Waals surface area contributed by atoms with Gasteiger partial charge < -0.3 is 10.0 Å². The number of nitrogens with zero attached hydrogens (tertiary/aromatic N) is 1. The maximum Gasteiger partial charge on any atom is 0.125 e. The minimum atomic E-state index is -0.281. The third-order valence-corrected chi connectivity index (χ3v) is 3.45. The highest BCUT2D eigenvalue weighted by atomic mass is 19.1. The van der Waals surface area contributed by atoms with Crippen LogP contribution in [0.4, 0.5) is 10.1 Å².